The van der Waals surface area contributed by atoms with Crippen molar-refractivity contribution in [3.8, 4) is 0 Å². The van der Waals surface area contributed by atoms with Gasteiger partial charge in [0.15, 0.2) is 5.96 Å². The largest absolute Gasteiger partial charge is 0.381 e. The molecule has 0 saturated carbocycles. The average Bonchev–Trinajstić information content (AvgIpc) is 2.60. The molecular weight excluding hydrogens is 444 g/mol. The number of nitrogens with zero attached hydrogens (tertiary/aromatic N) is 1. The lowest BCUT2D eigenvalue weighted by atomic mass is 9.74. The van der Waals surface area contributed by atoms with Crippen molar-refractivity contribution in [2.24, 2.45) is 10.9 Å². The lowest BCUT2D eigenvalue weighted by Crippen LogP contribution is -2.41. The van der Waals surface area contributed by atoms with Crippen LogP contribution in [-0.4, -0.2) is 38.8 Å². The number of nitrogens with one attached hydrogen (secondary N) is 2. The molecule has 0 bridgehead atoms. The van der Waals surface area contributed by atoms with Crippen molar-refractivity contribution in [2.75, 3.05) is 32.8 Å². The highest BCUT2D eigenvalue weighted by molar-refractivity contribution is 14.0. The van der Waals surface area contributed by atoms with Crippen LogP contribution in [0.3, 0.4) is 0 Å². The van der Waals surface area contributed by atoms with Crippen LogP contribution in [0.5, 0.6) is 0 Å². The molecular formula is C20H33FIN3O. The summed E-state index contributed by atoms with van der Waals surface area (Å²) in [7, 11) is 0. The topological polar surface area (TPSA) is 45.7 Å². The van der Waals surface area contributed by atoms with E-state index in [-0.39, 0.29) is 35.2 Å². The Labute approximate surface area is 174 Å². The van der Waals surface area contributed by atoms with Crippen molar-refractivity contribution < 1.29 is 9.13 Å². The van der Waals surface area contributed by atoms with Gasteiger partial charge in [0.1, 0.15) is 5.82 Å². The predicted octanol–water partition coefficient (Wildman–Crippen LogP) is 4.09. The maximum atomic E-state index is 13.8. The zero-order valence-corrected chi connectivity index (χ0v) is 18.5. The van der Waals surface area contributed by atoms with Crippen LogP contribution in [0.15, 0.2) is 29.3 Å². The zero-order valence-electron chi connectivity index (χ0n) is 16.2. The minimum absolute atomic E-state index is 0. The Morgan fingerprint density at radius 1 is 1.27 bits per heavy atom. The molecule has 0 atom stereocenters. The molecule has 0 aromatic heterocycles. The minimum atomic E-state index is -0.186. The molecule has 2 rings (SSSR count). The summed E-state index contributed by atoms with van der Waals surface area (Å²) in [5, 5.41) is 6.71. The van der Waals surface area contributed by atoms with Gasteiger partial charge < -0.3 is 15.4 Å². The molecule has 148 valence electrons. The summed E-state index contributed by atoms with van der Waals surface area (Å²) >= 11 is 0. The molecule has 1 aliphatic heterocycles. The molecule has 1 saturated heterocycles. The summed E-state index contributed by atoms with van der Waals surface area (Å²) in [6.45, 7) is 10.3. The van der Waals surface area contributed by atoms with Crippen LogP contribution in [0.2, 0.25) is 0 Å². The molecule has 6 heteroatoms. The number of ether oxygens (including phenoxy) is 1. The average molecular weight is 477 g/mol. The fourth-order valence-corrected chi connectivity index (χ4v) is 3.17. The number of hydrogen-bond acceptors (Lipinski definition) is 2. The van der Waals surface area contributed by atoms with Gasteiger partial charge in [-0.2, -0.15) is 0 Å². The Balaban J connectivity index is 0.00000338. The van der Waals surface area contributed by atoms with Crippen LogP contribution in [0, 0.1) is 11.7 Å². The molecule has 2 N–H and O–H groups in total. The molecule has 1 aliphatic rings. The highest BCUT2D eigenvalue weighted by atomic mass is 127. The lowest BCUT2D eigenvalue weighted by Gasteiger charge is -2.36. The molecule has 1 aromatic carbocycles. The van der Waals surface area contributed by atoms with Crippen molar-refractivity contribution in [2.45, 2.75) is 45.4 Å². The molecule has 1 heterocycles. The lowest BCUT2D eigenvalue weighted by molar-refractivity contribution is 0.0530. The van der Waals surface area contributed by atoms with Crippen molar-refractivity contribution in [3.05, 3.63) is 35.6 Å². The number of rotatable bonds is 7. The number of hydrogen-bond donors (Lipinski definition) is 2. The van der Waals surface area contributed by atoms with E-state index in [1.165, 1.54) is 6.07 Å². The summed E-state index contributed by atoms with van der Waals surface area (Å²) < 4.78 is 19.3. The quantitative estimate of drug-likeness (QED) is 0.353. The summed E-state index contributed by atoms with van der Waals surface area (Å²) in [6, 6.07) is 6.96. The highest BCUT2D eigenvalue weighted by Gasteiger charge is 2.34. The fourth-order valence-electron chi connectivity index (χ4n) is 3.17. The predicted molar refractivity (Wildman–Crippen MR) is 117 cm³/mol. The van der Waals surface area contributed by atoms with Crippen molar-refractivity contribution in [1.82, 2.24) is 10.6 Å². The van der Waals surface area contributed by atoms with E-state index >= 15 is 0 Å². The smallest absolute Gasteiger partial charge is 0.191 e. The monoisotopic (exact) mass is 477 g/mol. The van der Waals surface area contributed by atoms with Crippen molar-refractivity contribution >= 4 is 29.9 Å². The van der Waals surface area contributed by atoms with Gasteiger partial charge in [-0.3, -0.25) is 4.99 Å². The van der Waals surface area contributed by atoms with Crippen molar-refractivity contribution in [3.63, 3.8) is 0 Å². The van der Waals surface area contributed by atoms with Crippen LogP contribution in [0.4, 0.5) is 4.39 Å². The molecule has 1 aromatic rings. The summed E-state index contributed by atoms with van der Waals surface area (Å²) in [6.07, 6.45) is 2.84. The van der Waals surface area contributed by atoms with Crippen molar-refractivity contribution in [1.29, 1.82) is 0 Å². The fraction of sp³-hybridized carbons (Fsp3) is 0.650. The SMILES string of the molecule is CCNC(=NCC1(c2cccc(F)c2)CCOCC1)NCCC(C)C.I. The van der Waals surface area contributed by atoms with Crippen LogP contribution in [-0.2, 0) is 10.2 Å². The Hall–Kier alpha value is -0.890. The second kappa shape index (κ2) is 11.7. The minimum Gasteiger partial charge on any atom is -0.381 e. The van der Waals surface area contributed by atoms with Gasteiger partial charge in [0.05, 0.1) is 6.54 Å². The van der Waals surface area contributed by atoms with Gasteiger partial charge >= 0.3 is 0 Å². The molecule has 0 amide bonds. The third kappa shape index (κ3) is 7.02. The normalized spacial score (nSPS) is 16.9. The van der Waals surface area contributed by atoms with Gasteiger partial charge in [0.2, 0.25) is 0 Å². The molecule has 0 radical (unpaired) electrons. The maximum absolute atomic E-state index is 13.8. The summed E-state index contributed by atoms with van der Waals surface area (Å²) in [4.78, 5) is 4.83. The second-order valence-corrected chi connectivity index (χ2v) is 7.21. The van der Waals surface area contributed by atoms with Crippen LogP contribution < -0.4 is 10.6 Å². The van der Waals surface area contributed by atoms with E-state index in [1.54, 1.807) is 12.1 Å². The van der Waals surface area contributed by atoms with Gasteiger partial charge in [-0.05, 0) is 49.8 Å². The maximum Gasteiger partial charge on any atom is 0.191 e. The number of benzene rings is 1. The Morgan fingerprint density at radius 2 is 2.00 bits per heavy atom. The first-order chi connectivity index (χ1) is 12.1. The molecule has 26 heavy (non-hydrogen) atoms. The summed E-state index contributed by atoms with van der Waals surface area (Å²) in [5.74, 6) is 1.31. The van der Waals surface area contributed by atoms with E-state index in [4.69, 9.17) is 9.73 Å². The van der Waals surface area contributed by atoms with E-state index in [2.05, 4.69) is 31.4 Å². The first-order valence-corrected chi connectivity index (χ1v) is 9.42. The van der Waals surface area contributed by atoms with Gasteiger partial charge in [0, 0.05) is 31.7 Å². The molecule has 0 spiro atoms. The third-order valence-electron chi connectivity index (χ3n) is 4.79. The van der Waals surface area contributed by atoms with E-state index < -0.39 is 0 Å². The molecule has 4 nitrogen and oxygen atoms in total. The van der Waals surface area contributed by atoms with Gasteiger partial charge in [0.25, 0.3) is 0 Å². The first-order valence-electron chi connectivity index (χ1n) is 9.42. The van der Waals surface area contributed by atoms with Crippen LogP contribution >= 0.6 is 24.0 Å². The standard InChI is InChI=1S/C20H32FN3O.HI/c1-4-22-19(23-11-8-16(2)3)24-15-20(9-12-25-13-10-20)17-6-5-7-18(21)14-17;/h5-7,14,16H,4,8-13,15H2,1-3H3,(H2,22,23,24);1H. The molecule has 0 aliphatic carbocycles. The third-order valence-corrected chi connectivity index (χ3v) is 4.79. The number of guanidine groups is 1. The van der Waals surface area contributed by atoms with E-state index in [1.807, 2.05) is 6.07 Å². The van der Waals surface area contributed by atoms with Gasteiger partial charge in [-0.25, -0.2) is 4.39 Å². The Bertz CT molecular complexity index is 560. The highest BCUT2D eigenvalue weighted by Crippen LogP contribution is 2.35. The number of halogens is 2. The Morgan fingerprint density at radius 3 is 2.62 bits per heavy atom. The molecule has 0 unspecified atom stereocenters. The zero-order chi connectivity index (χ0) is 18.1. The van der Waals surface area contributed by atoms with Crippen LogP contribution in [0.25, 0.3) is 0 Å². The second-order valence-electron chi connectivity index (χ2n) is 7.21. The first kappa shape index (κ1) is 23.1. The molecule has 1 fully saturated rings. The van der Waals surface area contributed by atoms with Gasteiger partial charge in [-0.1, -0.05) is 26.0 Å². The van der Waals surface area contributed by atoms with E-state index in [9.17, 15) is 4.39 Å². The Kier molecular flexibility index (Phi) is 10.5. The summed E-state index contributed by atoms with van der Waals surface area (Å²) in [5.41, 5.74) is 0.874. The van der Waals surface area contributed by atoms with Crippen LogP contribution in [0.1, 0.15) is 45.6 Å². The van der Waals surface area contributed by atoms with E-state index in [0.29, 0.717) is 25.7 Å². The number of aliphatic imine (C=N–C) groups is 1. The van der Waals surface area contributed by atoms with E-state index in [0.717, 1.165) is 43.9 Å². The van der Waals surface area contributed by atoms with Gasteiger partial charge in [-0.15, -0.1) is 24.0 Å².